The molecule has 0 saturated carbocycles. The summed E-state index contributed by atoms with van der Waals surface area (Å²) in [5.74, 6) is -0.741. The lowest BCUT2D eigenvalue weighted by Crippen LogP contribution is -1.91. The number of carboxylic acid groups (broad SMARTS) is 1. The topological polar surface area (TPSA) is 37.3 Å². The smallest absolute Gasteiger partial charge is 0.303 e. The van der Waals surface area contributed by atoms with Crippen LogP contribution in [-0.4, -0.2) is 11.1 Å². The van der Waals surface area contributed by atoms with Crippen LogP contribution in [0.5, 0.6) is 0 Å². The third-order valence-corrected chi connectivity index (χ3v) is 3.34. The second kappa shape index (κ2) is 20.0. The molecule has 25 heavy (non-hydrogen) atoms. The summed E-state index contributed by atoms with van der Waals surface area (Å²) in [7, 11) is 0. The van der Waals surface area contributed by atoms with Gasteiger partial charge in [0.15, 0.2) is 0 Å². The summed E-state index contributed by atoms with van der Waals surface area (Å²) in [4.78, 5) is 10.3. The zero-order chi connectivity index (χ0) is 18.4. The molecule has 0 radical (unpaired) electrons. The fourth-order valence-corrected chi connectivity index (χ4v) is 1.96. The van der Waals surface area contributed by atoms with E-state index in [4.69, 9.17) is 5.11 Å². The van der Waals surface area contributed by atoms with E-state index in [-0.39, 0.29) is 6.42 Å². The minimum atomic E-state index is -0.741. The lowest BCUT2D eigenvalue weighted by molar-refractivity contribution is -0.136. The molecule has 0 aliphatic rings. The molecule has 0 amide bonds. The summed E-state index contributed by atoms with van der Waals surface area (Å²) >= 11 is 0. The minimum Gasteiger partial charge on any atom is -0.481 e. The highest BCUT2D eigenvalue weighted by molar-refractivity contribution is 5.66. The third kappa shape index (κ3) is 21.9. The maximum atomic E-state index is 10.3. The summed E-state index contributed by atoms with van der Waals surface area (Å²) in [6.07, 6.45) is 33.9. The lowest BCUT2D eigenvalue weighted by Gasteiger charge is -1.87. The van der Waals surface area contributed by atoms with Crippen molar-refractivity contribution in [3.05, 3.63) is 72.9 Å². The van der Waals surface area contributed by atoms with Crippen molar-refractivity contribution < 1.29 is 9.90 Å². The first-order chi connectivity index (χ1) is 12.3. The molecule has 0 rings (SSSR count). The third-order valence-electron chi connectivity index (χ3n) is 3.34. The monoisotopic (exact) mass is 342 g/mol. The van der Waals surface area contributed by atoms with Gasteiger partial charge in [0.25, 0.3) is 0 Å². The molecule has 0 heterocycles. The van der Waals surface area contributed by atoms with Crippen LogP contribution in [0.15, 0.2) is 72.9 Å². The van der Waals surface area contributed by atoms with E-state index < -0.39 is 5.97 Å². The Bertz CT molecular complexity index is 476. The standard InChI is InChI=1S/C23H34O2/c1-2-3-4-5-6-7-8-9-10-11-12-13-14-15-16-17-18-19-20-21-22-23(24)25/h4-5,7-8,10-11,13-14,16-17,19-20H,2-3,6,9,12,15,18,21-22H2,1H3,(H,24,25)/b5-4-,8-7-,11-10-,14-13-,17-16-,20-19-. The van der Waals surface area contributed by atoms with E-state index in [9.17, 15) is 4.79 Å². The number of allylic oxidation sites excluding steroid dienone is 12. The first-order valence-corrected chi connectivity index (χ1v) is 9.39. The van der Waals surface area contributed by atoms with Crippen molar-refractivity contribution in [1.82, 2.24) is 0 Å². The minimum absolute atomic E-state index is 0.211. The van der Waals surface area contributed by atoms with Crippen molar-refractivity contribution in [2.75, 3.05) is 0 Å². The molecule has 0 aliphatic heterocycles. The normalized spacial score (nSPS) is 13.0. The molecule has 0 aliphatic carbocycles. The number of rotatable bonds is 15. The average molecular weight is 343 g/mol. The molecule has 0 spiro atoms. The highest BCUT2D eigenvalue weighted by Gasteiger charge is 1.90. The van der Waals surface area contributed by atoms with Gasteiger partial charge in [-0.3, -0.25) is 4.79 Å². The Balaban J connectivity index is 3.51. The van der Waals surface area contributed by atoms with E-state index >= 15 is 0 Å². The van der Waals surface area contributed by atoms with Crippen LogP contribution in [0.3, 0.4) is 0 Å². The molecule has 0 atom stereocenters. The summed E-state index contributed by atoms with van der Waals surface area (Å²) in [6.45, 7) is 2.20. The van der Waals surface area contributed by atoms with Crippen molar-refractivity contribution in [3.63, 3.8) is 0 Å². The quantitative estimate of drug-likeness (QED) is 0.327. The molecule has 1 N–H and O–H groups in total. The highest BCUT2D eigenvalue weighted by Crippen LogP contribution is 1.97. The fraction of sp³-hybridized carbons (Fsp3) is 0.435. The van der Waals surface area contributed by atoms with E-state index in [2.05, 4.69) is 67.7 Å². The van der Waals surface area contributed by atoms with Crippen LogP contribution in [-0.2, 0) is 4.79 Å². The van der Waals surface area contributed by atoms with Gasteiger partial charge >= 0.3 is 5.97 Å². The maximum Gasteiger partial charge on any atom is 0.303 e. The molecule has 2 nitrogen and oxygen atoms in total. The first-order valence-electron chi connectivity index (χ1n) is 9.39. The van der Waals surface area contributed by atoms with Gasteiger partial charge in [0.05, 0.1) is 0 Å². The van der Waals surface area contributed by atoms with Crippen LogP contribution in [0, 0.1) is 0 Å². The Morgan fingerprint density at radius 1 is 0.600 bits per heavy atom. The molecular formula is C23H34O2. The van der Waals surface area contributed by atoms with Gasteiger partial charge in [-0.15, -0.1) is 0 Å². The van der Waals surface area contributed by atoms with E-state index in [1.54, 1.807) is 0 Å². The molecule has 0 aromatic heterocycles. The van der Waals surface area contributed by atoms with Gasteiger partial charge in [-0.05, 0) is 44.9 Å². The first kappa shape index (κ1) is 22.9. The van der Waals surface area contributed by atoms with Gasteiger partial charge in [0, 0.05) is 6.42 Å². The predicted molar refractivity (Wildman–Crippen MR) is 110 cm³/mol. The largest absolute Gasteiger partial charge is 0.481 e. The van der Waals surface area contributed by atoms with Crippen LogP contribution in [0.4, 0.5) is 0 Å². The van der Waals surface area contributed by atoms with Gasteiger partial charge in [0.1, 0.15) is 0 Å². The van der Waals surface area contributed by atoms with Crippen molar-refractivity contribution in [1.29, 1.82) is 0 Å². The fourth-order valence-electron chi connectivity index (χ4n) is 1.96. The molecule has 0 unspecified atom stereocenters. The Kier molecular flexibility index (Phi) is 18.3. The van der Waals surface area contributed by atoms with E-state index in [0.717, 1.165) is 32.1 Å². The molecular weight excluding hydrogens is 308 g/mol. The van der Waals surface area contributed by atoms with Gasteiger partial charge in [0.2, 0.25) is 0 Å². The lowest BCUT2D eigenvalue weighted by atomic mass is 10.2. The zero-order valence-electron chi connectivity index (χ0n) is 15.6. The second-order valence-corrected chi connectivity index (χ2v) is 5.73. The van der Waals surface area contributed by atoms with Crippen molar-refractivity contribution in [3.8, 4) is 0 Å². The summed E-state index contributed by atoms with van der Waals surface area (Å²) in [6, 6.07) is 0. The van der Waals surface area contributed by atoms with Gasteiger partial charge < -0.3 is 5.11 Å². The van der Waals surface area contributed by atoms with E-state index in [1.165, 1.54) is 12.8 Å². The number of hydrogen-bond acceptors (Lipinski definition) is 1. The molecule has 138 valence electrons. The number of carboxylic acids is 1. The zero-order valence-corrected chi connectivity index (χ0v) is 15.6. The van der Waals surface area contributed by atoms with Crippen molar-refractivity contribution in [2.45, 2.75) is 64.7 Å². The van der Waals surface area contributed by atoms with Crippen molar-refractivity contribution >= 4 is 5.97 Å². The second-order valence-electron chi connectivity index (χ2n) is 5.73. The van der Waals surface area contributed by atoms with Gasteiger partial charge in [-0.1, -0.05) is 86.3 Å². The van der Waals surface area contributed by atoms with Crippen LogP contribution in [0.1, 0.15) is 64.7 Å². The number of hydrogen-bond donors (Lipinski definition) is 1. The molecule has 2 heteroatoms. The molecule has 0 aromatic carbocycles. The van der Waals surface area contributed by atoms with Crippen LogP contribution < -0.4 is 0 Å². The summed E-state index contributed by atoms with van der Waals surface area (Å²) < 4.78 is 0. The molecule has 0 aromatic rings. The van der Waals surface area contributed by atoms with Gasteiger partial charge in [-0.25, -0.2) is 0 Å². The van der Waals surface area contributed by atoms with Gasteiger partial charge in [-0.2, -0.15) is 0 Å². The van der Waals surface area contributed by atoms with E-state index in [0.29, 0.717) is 6.42 Å². The molecule has 0 bridgehead atoms. The van der Waals surface area contributed by atoms with Crippen LogP contribution >= 0.6 is 0 Å². The number of carbonyl (C=O) groups is 1. The Morgan fingerprint density at radius 2 is 0.920 bits per heavy atom. The van der Waals surface area contributed by atoms with Crippen molar-refractivity contribution in [2.24, 2.45) is 0 Å². The molecule has 0 saturated heterocycles. The predicted octanol–water partition coefficient (Wildman–Crippen LogP) is 6.94. The summed E-state index contributed by atoms with van der Waals surface area (Å²) in [5, 5.41) is 8.50. The van der Waals surface area contributed by atoms with Crippen LogP contribution in [0.25, 0.3) is 0 Å². The Morgan fingerprint density at radius 3 is 1.24 bits per heavy atom. The Labute approximate surface area is 154 Å². The number of unbranched alkanes of at least 4 members (excludes halogenated alkanes) is 1. The van der Waals surface area contributed by atoms with Crippen LogP contribution in [0.2, 0.25) is 0 Å². The SMILES string of the molecule is CCC/C=C\C/C=C\C/C=C\C/C=C\C/C=C\C/C=C\CCC(=O)O. The maximum absolute atomic E-state index is 10.3. The van der Waals surface area contributed by atoms with E-state index in [1.807, 2.05) is 12.2 Å². The highest BCUT2D eigenvalue weighted by atomic mass is 16.4. The number of aliphatic carboxylic acids is 1. The summed E-state index contributed by atoms with van der Waals surface area (Å²) in [5.41, 5.74) is 0. The molecule has 0 fully saturated rings. The average Bonchev–Trinajstić information content (AvgIpc) is 2.60. The Hall–Kier alpha value is -2.09.